The molecule has 1 heterocycles. The SMILES string of the molecule is CN(Cc1ccccn1)C(=O)CSCC(=O)Nc1cccc(Br)c1. The van der Waals surface area contributed by atoms with Crippen molar-refractivity contribution < 1.29 is 9.59 Å². The first-order valence-corrected chi connectivity index (χ1v) is 9.26. The zero-order valence-corrected chi connectivity index (χ0v) is 15.6. The number of nitrogens with one attached hydrogen (secondary N) is 1. The number of carbonyl (C=O) groups is 2. The standard InChI is InChI=1S/C17H18BrN3O2S/c1-21(10-15-6-2-3-8-19-15)17(23)12-24-11-16(22)20-14-7-4-5-13(18)9-14/h2-9H,10-12H2,1H3,(H,20,22). The predicted octanol–water partition coefficient (Wildman–Crippen LogP) is 3.17. The van der Waals surface area contributed by atoms with Crippen LogP contribution in [0, 0.1) is 0 Å². The molecule has 5 nitrogen and oxygen atoms in total. The minimum atomic E-state index is -0.127. The molecule has 0 aliphatic carbocycles. The third kappa shape index (κ3) is 6.33. The van der Waals surface area contributed by atoms with Gasteiger partial charge in [-0.25, -0.2) is 0 Å². The Bertz CT molecular complexity index is 697. The quantitative estimate of drug-likeness (QED) is 0.765. The van der Waals surface area contributed by atoms with Crippen molar-refractivity contribution >= 4 is 45.2 Å². The fourth-order valence-electron chi connectivity index (χ4n) is 1.93. The largest absolute Gasteiger partial charge is 0.339 e. The molecule has 0 atom stereocenters. The number of amides is 2. The number of pyridine rings is 1. The molecule has 24 heavy (non-hydrogen) atoms. The van der Waals surface area contributed by atoms with Gasteiger partial charge in [0, 0.05) is 23.4 Å². The summed E-state index contributed by atoms with van der Waals surface area (Å²) in [5, 5.41) is 2.80. The molecule has 1 aromatic carbocycles. The summed E-state index contributed by atoms with van der Waals surface area (Å²) in [6.07, 6.45) is 1.70. The van der Waals surface area contributed by atoms with E-state index in [1.807, 2.05) is 42.5 Å². The highest BCUT2D eigenvalue weighted by atomic mass is 79.9. The first-order valence-electron chi connectivity index (χ1n) is 7.31. The van der Waals surface area contributed by atoms with Crippen LogP contribution in [-0.4, -0.2) is 40.3 Å². The second-order valence-corrected chi connectivity index (χ2v) is 7.02. The summed E-state index contributed by atoms with van der Waals surface area (Å²) in [7, 11) is 1.74. The van der Waals surface area contributed by atoms with Crippen molar-refractivity contribution in [1.29, 1.82) is 0 Å². The average Bonchev–Trinajstić information content (AvgIpc) is 2.55. The maximum absolute atomic E-state index is 12.1. The molecule has 7 heteroatoms. The Balaban J connectivity index is 1.71. The highest BCUT2D eigenvalue weighted by molar-refractivity contribution is 9.10. The van der Waals surface area contributed by atoms with E-state index < -0.39 is 0 Å². The molecule has 0 fully saturated rings. The van der Waals surface area contributed by atoms with Crippen LogP contribution >= 0.6 is 27.7 Å². The van der Waals surface area contributed by atoms with E-state index in [0.717, 1.165) is 15.9 Å². The Hall–Kier alpha value is -1.86. The molecule has 0 radical (unpaired) electrons. The van der Waals surface area contributed by atoms with Gasteiger partial charge in [-0.3, -0.25) is 14.6 Å². The Kier molecular flexibility index (Phi) is 7.27. The van der Waals surface area contributed by atoms with Gasteiger partial charge in [0.2, 0.25) is 11.8 Å². The van der Waals surface area contributed by atoms with Crippen molar-refractivity contribution in [3.8, 4) is 0 Å². The molecule has 0 saturated heterocycles. The smallest absolute Gasteiger partial charge is 0.234 e. The van der Waals surface area contributed by atoms with Crippen molar-refractivity contribution in [1.82, 2.24) is 9.88 Å². The lowest BCUT2D eigenvalue weighted by Gasteiger charge is -2.16. The predicted molar refractivity (Wildman–Crippen MR) is 101 cm³/mol. The van der Waals surface area contributed by atoms with E-state index in [4.69, 9.17) is 0 Å². The molecule has 0 unspecified atom stereocenters. The number of benzene rings is 1. The minimum Gasteiger partial charge on any atom is -0.339 e. The van der Waals surface area contributed by atoms with Gasteiger partial charge in [0.15, 0.2) is 0 Å². The molecular formula is C17H18BrN3O2S. The third-order valence-electron chi connectivity index (χ3n) is 3.12. The van der Waals surface area contributed by atoms with Crippen LogP contribution < -0.4 is 5.32 Å². The minimum absolute atomic E-state index is 0.0269. The van der Waals surface area contributed by atoms with E-state index in [0.29, 0.717) is 6.54 Å². The Morgan fingerprint density at radius 2 is 2.04 bits per heavy atom. The zero-order chi connectivity index (χ0) is 17.4. The molecule has 0 aliphatic rings. The molecule has 0 bridgehead atoms. The van der Waals surface area contributed by atoms with Crippen LogP contribution in [0.2, 0.25) is 0 Å². The van der Waals surface area contributed by atoms with Gasteiger partial charge in [-0.05, 0) is 30.3 Å². The summed E-state index contributed by atoms with van der Waals surface area (Å²) in [6.45, 7) is 0.463. The topological polar surface area (TPSA) is 62.3 Å². The maximum Gasteiger partial charge on any atom is 0.234 e. The van der Waals surface area contributed by atoms with E-state index in [1.165, 1.54) is 11.8 Å². The van der Waals surface area contributed by atoms with Crippen LogP contribution in [0.1, 0.15) is 5.69 Å². The lowest BCUT2D eigenvalue weighted by Crippen LogP contribution is -2.28. The fraction of sp³-hybridized carbons (Fsp3) is 0.235. The summed E-state index contributed by atoms with van der Waals surface area (Å²) in [5.41, 5.74) is 1.57. The Labute approximate surface area is 154 Å². The number of hydrogen-bond acceptors (Lipinski definition) is 4. The van der Waals surface area contributed by atoms with Gasteiger partial charge in [0.1, 0.15) is 0 Å². The number of anilines is 1. The Morgan fingerprint density at radius 1 is 1.21 bits per heavy atom. The lowest BCUT2D eigenvalue weighted by atomic mass is 10.3. The first-order chi connectivity index (χ1) is 11.5. The molecule has 0 aliphatic heterocycles. The van der Waals surface area contributed by atoms with Crippen molar-refractivity contribution in [3.63, 3.8) is 0 Å². The number of aromatic nitrogens is 1. The van der Waals surface area contributed by atoms with Crippen molar-refractivity contribution in [2.24, 2.45) is 0 Å². The van der Waals surface area contributed by atoms with E-state index in [1.54, 1.807) is 18.1 Å². The zero-order valence-electron chi connectivity index (χ0n) is 13.2. The number of hydrogen-bond donors (Lipinski definition) is 1. The molecule has 1 N–H and O–H groups in total. The summed E-state index contributed by atoms with van der Waals surface area (Å²) >= 11 is 4.65. The Morgan fingerprint density at radius 3 is 2.75 bits per heavy atom. The molecule has 0 saturated carbocycles. The average molecular weight is 408 g/mol. The van der Waals surface area contributed by atoms with Crippen LogP contribution in [0.15, 0.2) is 53.1 Å². The molecule has 2 amide bonds. The van der Waals surface area contributed by atoms with Gasteiger partial charge in [0.05, 0.1) is 23.7 Å². The van der Waals surface area contributed by atoms with Crippen LogP contribution in [0.4, 0.5) is 5.69 Å². The third-order valence-corrected chi connectivity index (χ3v) is 4.53. The number of nitrogens with zero attached hydrogens (tertiary/aromatic N) is 2. The summed E-state index contributed by atoms with van der Waals surface area (Å²) in [4.78, 5) is 29.8. The summed E-state index contributed by atoms with van der Waals surface area (Å²) in [5.74, 6) is 0.337. The lowest BCUT2D eigenvalue weighted by molar-refractivity contribution is -0.127. The van der Waals surface area contributed by atoms with Crippen LogP contribution in [0.3, 0.4) is 0 Å². The number of rotatable bonds is 7. The monoisotopic (exact) mass is 407 g/mol. The molecule has 126 valence electrons. The van der Waals surface area contributed by atoms with E-state index in [9.17, 15) is 9.59 Å². The second kappa shape index (κ2) is 9.44. The number of thioether (sulfide) groups is 1. The molecule has 0 spiro atoms. The normalized spacial score (nSPS) is 10.2. The van der Waals surface area contributed by atoms with E-state index >= 15 is 0 Å². The summed E-state index contributed by atoms with van der Waals surface area (Å²) in [6, 6.07) is 13.0. The van der Waals surface area contributed by atoms with Crippen molar-refractivity contribution in [2.45, 2.75) is 6.54 Å². The molecule has 2 rings (SSSR count). The number of carbonyl (C=O) groups excluding carboxylic acids is 2. The van der Waals surface area contributed by atoms with Gasteiger partial charge in [-0.1, -0.05) is 28.1 Å². The first kappa shape index (κ1) is 18.5. The molecule has 1 aromatic heterocycles. The molecular weight excluding hydrogens is 390 g/mol. The van der Waals surface area contributed by atoms with E-state index in [-0.39, 0.29) is 23.3 Å². The van der Waals surface area contributed by atoms with Gasteiger partial charge >= 0.3 is 0 Å². The highest BCUT2D eigenvalue weighted by Gasteiger charge is 2.11. The maximum atomic E-state index is 12.1. The van der Waals surface area contributed by atoms with Crippen molar-refractivity contribution in [2.75, 3.05) is 23.9 Å². The van der Waals surface area contributed by atoms with Gasteiger partial charge in [-0.2, -0.15) is 0 Å². The van der Waals surface area contributed by atoms with Gasteiger partial charge in [-0.15, -0.1) is 11.8 Å². The fourth-order valence-corrected chi connectivity index (χ4v) is 3.08. The van der Waals surface area contributed by atoms with E-state index in [2.05, 4.69) is 26.2 Å². The van der Waals surface area contributed by atoms with Gasteiger partial charge < -0.3 is 10.2 Å². The second-order valence-electron chi connectivity index (χ2n) is 5.12. The molecule has 2 aromatic rings. The highest BCUT2D eigenvalue weighted by Crippen LogP contribution is 2.16. The van der Waals surface area contributed by atoms with Crippen LogP contribution in [0.5, 0.6) is 0 Å². The summed E-state index contributed by atoms with van der Waals surface area (Å²) < 4.78 is 0.902. The van der Waals surface area contributed by atoms with Crippen molar-refractivity contribution in [3.05, 3.63) is 58.8 Å². The van der Waals surface area contributed by atoms with Crippen LogP contribution in [0.25, 0.3) is 0 Å². The van der Waals surface area contributed by atoms with Gasteiger partial charge in [0.25, 0.3) is 0 Å². The van der Waals surface area contributed by atoms with Crippen LogP contribution in [-0.2, 0) is 16.1 Å². The number of halogens is 1.